The molecule has 1 heterocycles. The van der Waals surface area contributed by atoms with Gasteiger partial charge in [-0.25, -0.2) is 13.4 Å². The number of nitrogens with zero attached hydrogens (tertiary/aromatic N) is 1. The number of nitrogens with one attached hydrogen (secondary N) is 1. The van der Waals surface area contributed by atoms with Crippen LogP contribution in [0.2, 0.25) is 0 Å². The number of hydrogen-bond donors (Lipinski definition) is 1. The molecule has 17 heavy (non-hydrogen) atoms. The SMILES string of the molecule is COC(=O)CCCS(=O)(=O)Nc1ccccn1. The van der Waals surface area contributed by atoms with Gasteiger partial charge in [-0.15, -0.1) is 0 Å². The van der Waals surface area contributed by atoms with Gasteiger partial charge in [0.1, 0.15) is 5.82 Å². The number of rotatable bonds is 6. The minimum atomic E-state index is -3.46. The summed E-state index contributed by atoms with van der Waals surface area (Å²) in [7, 11) is -2.19. The normalized spacial score (nSPS) is 10.9. The number of carbonyl (C=O) groups is 1. The molecule has 0 bridgehead atoms. The molecule has 0 aliphatic rings. The molecular weight excluding hydrogens is 244 g/mol. The number of ether oxygens (including phenoxy) is 1. The summed E-state index contributed by atoms with van der Waals surface area (Å²) >= 11 is 0. The van der Waals surface area contributed by atoms with E-state index >= 15 is 0 Å². The summed E-state index contributed by atoms with van der Waals surface area (Å²) in [5, 5.41) is 0. The molecule has 0 aliphatic carbocycles. The fraction of sp³-hybridized carbons (Fsp3) is 0.400. The van der Waals surface area contributed by atoms with Crippen LogP contribution in [0.3, 0.4) is 0 Å². The maximum Gasteiger partial charge on any atom is 0.305 e. The molecule has 0 atom stereocenters. The van der Waals surface area contributed by atoms with Crippen LogP contribution >= 0.6 is 0 Å². The highest BCUT2D eigenvalue weighted by Crippen LogP contribution is 2.05. The number of hydrogen-bond acceptors (Lipinski definition) is 5. The minimum Gasteiger partial charge on any atom is -0.469 e. The first kappa shape index (κ1) is 13.4. The van der Waals surface area contributed by atoms with E-state index in [0.29, 0.717) is 0 Å². The number of esters is 1. The highest BCUT2D eigenvalue weighted by atomic mass is 32.2. The van der Waals surface area contributed by atoms with Crippen LogP contribution in [-0.2, 0) is 19.6 Å². The van der Waals surface area contributed by atoms with Gasteiger partial charge in [0.2, 0.25) is 10.0 Å². The smallest absolute Gasteiger partial charge is 0.305 e. The average Bonchev–Trinajstić information content (AvgIpc) is 2.29. The number of methoxy groups -OCH3 is 1. The van der Waals surface area contributed by atoms with E-state index in [0.717, 1.165) is 0 Å². The summed E-state index contributed by atoms with van der Waals surface area (Å²) in [4.78, 5) is 14.6. The molecule has 1 aromatic heterocycles. The second-order valence-corrected chi connectivity index (χ2v) is 5.16. The molecule has 94 valence electrons. The summed E-state index contributed by atoms with van der Waals surface area (Å²) in [6.07, 6.45) is 1.79. The van der Waals surface area contributed by atoms with Gasteiger partial charge in [0, 0.05) is 12.6 Å². The molecule has 7 heteroatoms. The molecular formula is C10H14N2O4S. The lowest BCUT2D eigenvalue weighted by atomic mass is 10.3. The van der Waals surface area contributed by atoms with Crippen LogP contribution in [-0.4, -0.2) is 32.2 Å². The third kappa shape index (κ3) is 5.30. The minimum absolute atomic E-state index is 0.0830. The number of pyridine rings is 1. The Morgan fingerprint density at radius 2 is 2.24 bits per heavy atom. The molecule has 0 saturated heterocycles. The van der Waals surface area contributed by atoms with Crippen molar-refractivity contribution in [3.63, 3.8) is 0 Å². The Bertz CT molecular complexity index is 458. The van der Waals surface area contributed by atoms with Crippen molar-refractivity contribution < 1.29 is 17.9 Å². The van der Waals surface area contributed by atoms with Gasteiger partial charge in [-0.1, -0.05) is 6.07 Å². The van der Waals surface area contributed by atoms with Crippen LogP contribution in [0, 0.1) is 0 Å². The van der Waals surface area contributed by atoms with E-state index in [4.69, 9.17) is 0 Å². The molecule has 0 aromatic carbocycles. The van der Waals surface area contributed by atoms with Crippen molar-refractivity contribution >= 4 is 21.8 Å². The Labute approximate surface area is 100 Å². The zero-order chi connectivity index (χ0) is 12.7. The fourth-order valence-electron chi connectivity index (χ4n) is 1.14. The van der Waals surface area contributed by atoms with Gasteiger partial charge < -0.3 is 4.74 Å². The number of sulfonamides is 1. The van der Waals surface area contributed by atoms with Gasteiger partial charge >= 0.3 is 5.97 Å². The Morgan fingerprint density at radius 3 is 2.82 bits per heavy atom. The second-order valence-electron chi connectivity index (χ2n) is 3.32. The van der Waals surface area contributed by atoms with E-state index < -0.39 is 16.0 Å². The maximum absolute atomic E-state index is 11.6. The zero-order valence-corrected chi connectivity index (χ0v) is 10.2. The number of aromatic nitrogens is 1. The molecule has 0 aliphatic heterocycles. The lowest BCUT2D eigenvalue weighted by Gasteiger charge is -2.06. The van der Waals surface area contributed by atoms with Crippen LogP contribution in [0.5, 0.6) is 0 Å². The van der Waals surface area contributed by atoms with Crippen molar-refractivity contribution in [1.29, 1.82) is 0 Å². The third-order valence-corrected chi connectivity index (χ3v) is 3.29. The second kappa shape index (κ2) is 6.19. The van der Waals surface area contributed by atoms with Crippen LogP contribution in [0.25, 0.3) is 0 Å². The van der Waals surface area contributed by atoms with Crippen LogP contribution in [0.15, 0.2) is 24.4 Å². The largest absolute Gasteiger partial charge is 0.469 e. The average molecular weight is 258 g/mol. The van der Waals surface area contributed by atoms with Crippen molar-refractivity contribution in [2.45, 2.75) is 12.8 Å². The third-order valence-electron chi connectivity index (χ3n) is 1.95. The lowest BCUT2D eigenvalue weighted by molar-refractivity contribution is -0.140. The molecule has 0 spiro atoms. The Kier molecular flexibility index (Phi) is 4.89. The highest BCUT2D eigenvalue weighted by Gasteiger charge is 2.12. The zero-order valence-electron chi connectivity index (χ0n) is 9.42. The lowest BCUT2D eigenvalue weighted by Crippen LogP contribution is -2.18. The van der Waals surface area contributed by atoms with Crippen LogP contribution in [0.1, 0.15) is 12.8 Å². The van der Waals surface area contributed by atoms with E-state index in [1.807, 2.05) is 0 Å². The van der Waals surface area contributed by atoms with Crippen molar-refractivity contribution in [1.82, 2.24) is 4.98 Å². The van der Waals surface area contributed by atoms with E-state index in [9.17, 15) is 13.2 Å². The summed E-state index contributed by atoms with van der Waals surface area (Å²) in [6, 6.07) is 4.92. The Balaban J connectivity index is 2.44. The van der Waals surface area contributed by atoms with E-state index in [1.165, 1.54) is 13.3 Å². The molecule has 0 fully saturated rings. The van der Waals surface area contributed by atoms with Gasteiger partial charge in [0.25, 0.3) is 0 Å². The maximum atomic E-state index is 11.6. The molecule has 0 amide bonds. The summed E-state index contributed by atoms with van der Waals surface area (Å²) in [5.41, 5.74) is 0. The van der Waals surface area contributed by atoms with Crippen molar-refractivity contribution in [3.05, 3.63) is 24.4 Å². The van der Waals surface area contributed by atoms with E-state index in [1.54, 1.807) is 18.2 Å². The monoisotopic (exact) mass is 258 g/mol. The summed E-state index contributed by atoms with van der Waals surface area (Å²) < 4.78 is 29.9. The quantitative estimate of drug-likeness (QED) is 0.762. The fourth-order valence-corrected chi connectivity index (χ4v) is 2.21. The van der Waals surface area contributed by atoms with Gasteiger partial charge in [-0.05, 0) is 18.6 Å². The van der Waals surface area contributed by atoms with Crippen molar-refractivity contribution in [3.8, 4) is 0 Å². The Hall–Kier alpha value is -1.63. The first-order valence-corrected chi connectivity index (χ1v) is 6.67. The molecule has 0 radical (unpaired) electrons. The Morgan fingerprint density at radius 1 is 1.47 bits per heavy atom. The van der Waals surface area contributed by atoms with Gasteiger partial charge in [0.05, 0.1) is 12.9 Å². The molecule has 1 aromatic rings. The van der Waals surface area contributed by atoms with Crippen LogP contribution in [0.4, 0.5) is 5.82 Å². The van der Waals surface area contributed by atoms with Gasteiger partial charge in [-0.2, -0.15) is 0 Å². The number of carbonyl (C=O) groups excluding carboxylic acids is 1. The first-order valence-electron chi connectivity index (χ1n) is 5.02. The predicted molar refractivity (Wildman–Crippen MR) is 62.9 cm³/mol. The van der Waals surface area contributed by atoms with Gasteiger partial charge in [0.15, 0.2) is 0 Å². The summed E-state index contributed by atoms with van der Waals surface area (Å²) in [5.74, 6) is -0.290. The topological polar surface area (TPSA) is 85.4 Å². The first-order chi connectivity index (χ1) is 8.03. The number of anilines is 1. The highest BCUT2D eigenvalue weighted by molar-refractivity contribution is 7.92. The molecule has 1 rings (SSSR count). The summed E-state index contributed by atoms with van der Waals surface area (Å²) in [6.45, 7) is 0. The predicted octanol–water partition coefficient (Wildman–Crippen LogP) is 0.776. The van der Waals surface area contributed by atoms with Gasteiger partial charge in [-0.3, -0.25) is 9.52 Å². The van der Waals surface area contributed by atoms with E-state index in [-0.39, 0.29) is 24.4 Å². The molecule has 0 saturated carbocycles. The van der Waals surface area contributed by atoms with Crippen LogP contribution < -0.4 is 4.72 Å². The molecule has 6 nitrogen and oxygen atoms in total. The van der Waals surface area contributed by atoms with Crippen molar-refractivity contribution in [2.24, 2.45) is 0 Å². The standard InChI is InChI=1S/C10H14N2O4S/c1-16-10(13)6-4-8-17(14,15)12-9-5-2-3-7-11-9/h2-3,5,7H,4,6,8H2,1H3,(H,11,12). The molecule has 1 N–H and O–H groups in total. The van der Waals surface area contributed by atoms with Crippen molar-refractivity contribution in [2.75, 3.05) is 17.6 Å². The van der Waals surface area contributed by atoms with E-state index in [2.05, 4.69) is 14.4 Å². The molecule has 0 unspecified atom stereocenters.